The van der Waals surface area contributed by atoms with Crippen LogP contribution in [0.3, 0.4) is 0 Å². The fourth-order valence-electron chi connectivity index (χ4n) is 1.33. The Balaban J connectivity index is 2.66. The molecule has 9 heavy (non-hydrogen) atoms. The van der Waals surface area contributed by atoms with Crippen LogP contribution >= 0.6 is 0 Å². The van der Waals surface area contributed by atoms with E-state index in [1.165, 1.54) is 0 Å². The van der Waals surface area contributed by atoms with Gasteiger partial charge < -0.3 is 10.8 Å². The monoisotopic (exact) mass is 129 g/mol. The lowest BCUT2D eigenvalue weighted by Crippen LogP contribution is -2.38. The van der Waals surface area contributed by atoms with E-state index >= 15 is 0 Å². The minimum absolute atomic E-state index is 0.0556. The smallest absolute Gasteiger partial charge is 0.0606 e. The molecular formula is C7H15NO. The molecule has 0 aliphatic heterocycles. The van der Waals surface area contributed by atoms with Crippen LogP contribution in [-0.4, -0.2) is 17.3 Å². The molecule has 2 atom stereocenters. The zero-order chi connectivity index (χ0) is 7.07. The van der Waals surface area contributed by atoms with E-state index in [9.17, 15) is 5.11 Å². The molecule has 0 aromatic heterocycles. The topological polar surface area (TPSA) is 46.2 Å². The molecule has 3 N–H and O–H groups in total. The predicted octanol–water partition coefficient (Wildman–Crippen LogP) is 0.495. The molecule has 1 aliphatic rings. The third-order valence-corrected chi connectivity index (χ3v) is 2.57. The van der Waals surface area contributed by atoms with Crippen LogP contribution in [-0.2, 0) is 0 Å². The van der Waals surface area contributed by atoms with Crippen molar-refractivity contribution in [2.75, 3.05) is 0 Å². The van der Waals surface area contributed by atoms with Gasteiger partial charge in [-0.25, -0.2) is 0 Å². The SMILES string of the molecule is CC1(C)C(N)CCC1O. The Kier molecular flexibility index (Phi) is 1.53. The minimum atomic E-state index is -0.188. The van der Waals surface area contributed by atoms with Crippen LogP contribution in [0.15, 0.2) is 0 Å². The van der Waals surface area contributed by atoms with Gasteiger partial charge in [-0.15, -0.1) is 0 Å². The van der Waals surface area contributed by atoms with Crippen LogP contribution in [0.4, 0.5) is 0 Å². The fraction of sp³-hybridized carbons (Fsp3) is 1.00. The maximum atomic E-state index is 9.35. The van der Waals surface area contributed by atoms with Gasteiger partial charge >= 0.3 is 0 Å². The standard InChI is InChI=1S/C7H15NO/c1-7(2)5(8)3-4-6(7)9/h5-6,9H,3-4,8H2,1-2H3. The van der Waals surface area contributed by atoms with Gasteiger partial charge in [0, 0.05) is 11.5 Å². The van der Waals surface area contributed by atoms with E-state index in [0.29, 0.717) is 0 Å². The second kappa shape index (κ2) is 1.96. The van der Waals surface area contributed by atoms with E-state index in [4.69, 9.17) is 5.73 Å². The summed E-state index contributed by atoms with van der Waals surface area (Å²) in [5.74, 6) is 0. The first-order valence-corrected chi connectivity index (χ1v) is 3.49. The first-order valence-electron chi connectivity index (χ1n) is 3.49. The summed E-state index contributed by atoms with van der Waals surface area (Å²) in [7, 11) is 0. The molecule has 2 unspecified atom stereocenters. The van der Waals surface area contributed by atoms with Crippen molar-refractivity contribution in [1.82, 2.24) is 0 Å². The summed E-state index contributed by atoms with van der Waals surface area (Å²) < 4.78 is 0. The number of aliphatic hydroxyl groups is 1. The molecule has 1 aliphatic carbocycles. The van der Waals surface area contributed by atoms with Crippen molar-refractivity contribution < 1.29 is 5.11 Å². The van der Waals surface area contributed by atoms with Crippen molar-refractivity contribution in [2.24, 2.45) is 11.1 Å². The van der Waals surface area contributed by atoms with E-state index in [1.54, 1.807) is 0 Å². The van der Waals surface area contributed by atoms with Gasteiger partial charge in [0.1, 0.15) is 0 Å². The highest BCUT2D eigenvalue weighted by Crippen LogP contribution is 2.35. The van der Waals surface area contributed by atoms with Crippen molar-refractivity contribution in [3.8, 4) is 0 Å². The third kappa shape index (κ3) is 0.970. The number of hydrogen-bond acceptors (Lipinski definition) is 2. The average molecular weight is 129 g/mol. The minimum Gasteiger partial charge on any atom is -0.393 e. The summed E-state index contributed by atoms with van der Waals surface area (Å²) in [5.41, 5.74) is 5.69. The Labute approximate surface area is 56.1 Å². The van der Waals surface area contributed by atoms with Gasteiger partial charge in [0.05, 0.1) is 6.10 Å². The van der Waals surface area contributed by atoms with E-state index in [0.717, 1.165) is 12.8 Å². The molecule has 0 amide bonds. The summed E-state index contributed by atoms with van der Waals surface area (Å²) >= 11 is 0. The Morgan fingerprint density at radius 2 is 2.00 bits per heavy atom. The molecular weight excluding hydrogens is 114 g/mol. The molecule has 0 saturated heterocycles. The maximum Gasteiger partial charge on any atom is 0.0606 e. The number of rotatable bonds is 0. The second-order valence-electron chi connectivity index (χ2n) is 3.52. The molecule has 54 valence electrons. The normalized spacial score (nSPS) is 41.3. The molecule has 0 bridgehead atoms. The van der Waals surface area contributed by atoms with Crippen molar-refractivity contribution in [2.45, 2.75) is 38.8 Å². The number of hydrogen-bond donors (Lipinski definition) is 2. The Hall–Kier alpha value is -0.0800. The van der Waals surface area contributed by atoms with Crippen molar-refractivity contribution in [3.05, 3.63) is 0 Å². The van der Waals surface area contributed by atoms with Gasteiger partial charge in [-0.2, -0.15) is 0 Å². The average Bonchev–Trinajstić information content (AvgIpc) is 1.96. The van der Waals surface area contributed by atoms with Crippen LogP contribution < -0.4 is 5.73 Å². The van der Waals surface area contributed by atoms with Gasteiger partial charge in [-0.05, 0) is 12.8 Å². The van der Waals surface area contributed by atoms with Crippen LogP contribution in [0, 0.1) is 5.41 Å². The van der Waals surface area contributed by atoms with Crippen LogP contribution in [0.25, 0.3) is 0 Å². The largest absolute Gasteiger partial charge is 0.393 e. The molecule has 1 fully saturated rings. The van der Waals surface area contributed by atoms with Crippen molar-refractivity contribution in [1.29, 1.82) is 0 Å². The molecule has 1 rings (SSSR count). The van der Waals surface area contributed by atoms with Crippen LogP contribution in [0.1, 0.15) is 26.7 Å². The zero-order valence-electron chi connectivity index (χ0n) is 6.09. The summed E-state index contributed by atoms with van der Waals surface area (Å²) in [6.45, 7) is 4.05. The maximum absolute atomic E-state index is 9.35. The lowest BCUT2D eigenvalue weighted by Gasteiger charge is -2.26. The van der Waals surface area contributed by atoms with Crippen molar-refractivity contribution >= 4 is 0 Å². The first kappa shape index (κ1) is 7.03. The Morgan fingerprint density at radius 1 is 1.44 bits per heavy atom. The van der Waals surface area contributed by atoms with Gasteiger partial charge in [0.15, 0.2) is 0 Å². The summed E-state index contributed by atoms with van der Waals surface area (Å²) in [4.78, 5) is 0. The van der Waals surface area contributed by atoms with Gasteiger partial charge in [-0.1, -0.05) is 13.8 Å². The van der Waals surface area contributed by atoms with E-state index in [2.05, 4.69) is 0 Å². The fourth-order valence-corrected chi connectivity index (χ4v) is 1.33. The highest BCUT2D eigenvalue weighted by atomic mass is 16.3. The van der Waals surface area contributed by atoms with Crippen LogP contribution in [0.5, 0.6) is 0 Å². The van der Waals surface area contributed by atoms with Crippen LogP contribution in [0.2, 0.25) is 0 Å². The van der Waals surface area contributed by atoms with Crippen molar-refractivity contribution in [3.63, 3.8) is 0 Å². The molecule has 0 aromatic rings. The van der Waals surface area contributed by atoms with Gasteiger partial charge in [0.2, 0.25) is 0 Å². The lowest BCUT2D eigenvalue weighted by atomic mass is 9.86. The molecule has 2 nitrogen and oxygen atoms in total. The van der Waals surface area contributed by atoms with E-state index in [1.807, 2.05) is 13.8 Å². The second-order valence-corrected chi connectivity index (χ2v) is 3.52. The molecule has 0 spiro atoms. The molecule has 0 radical (unpaired) electrons. The molecule has 0 heterocycles. The quantitative estimate of drug-likeness (QED) is 0.500. The van der Waals surface area contributed by atoms with Gasteiger partial charge in [-0.3, -0.25) is 0 Å². The zero-order valence-corrected chi connectivity index (χ0v) is 6.09. The highest BCUT2D eigenvalue weighted by molar-refractivity contribution is 4.94. The molecule has 1 saturated carbocycles. The lowest BCUT2D eigenvalue weighted by molar-refractivity contribution is 0.0718. The Bertz CT molecular complexity index is 99.5. The van der Waals surface area contributed by atoms with E-state index in [-0.39, 0.29) is 17.6 Å². The summed E-state index contributed by atoms with van der Waals surface area (Å²) in [6.07, 6.45) is 1.65. The summed E-state index contributed by atoms with van der Waals surface area (Å²) in [5, 5.41) is 9.35. The molecule has 0 aromatic carbocycles. The number of aliphatic hydroxyl groups excluding tert-OH is 1. The highest BCUT2D eigenvalue weighted by Gasteiger charge is 2.39. The van der Waals surface area contributed by atoms with Gasteiger partial charge in [0.25, 0.3) is 0 Å². The molecule has 2 heteroatoms. The number of nitrogens with two attached hydrogens (primary N) is 1. The first-order chi connectivity index (χ1) is 4.05. The Morgan fingerprint density at radius 3 is 2.11 bits per heavy atom. The summed E-state index contributed by atoms with van der Waals surface area (Å²) in [6, 6.07) is 0.187. The van der Waals surface area contributed by atoms with E-state index < -0.39 is 0 Å². The third-order valence-electron chi connectivity index (χ3n) is 2.57. The predicted molar refractivity (Wildman–Crippen MR) is 37.0 cm³/mol.